The Hall–Kier alpha value is -4.17. The smallest absolute Gasteiger partial charge is 0.243 e. The predicted molar refractivity (Wildman–Crippen MR) is 195 cm³/mol. The van der Waals surface area contributed by atoms with Crippen molar-refractivity contribution in [2.45, 2.75) is 95.7 Å². The molecule has 1 aliphatic carbocycles. The summed E-state index contributed by atoms with van der Waals surface area (Å²) in [6.45, 7) is 9.13. The van der Waals surface area contributed by atoms with Crippen molar-refractivity contribution in [3.63, 3.8) is 0 Å². The van der Waals surface area contributed by atoms with Gasteiger partial charge in [-0.25, -0.2) is 0 Å². The van der Waals surface area contributed by atoms with Crippen LogP contribution in [0.1, 0.15) is 58.1 Å². The Morgan fingerprint density at radius 1 is 0.865 bits per heavy atom. The summed E-state index contributed by atoms with van der Waals surface area (Å²) in [5.41, 5.74) is -0.298. The van der Waals surface area contributed by atoms with Gasteiger partial charge in [-0.1, -0.05) is 81.4 Å². The van der Waals surface area contributed by atoms with Gasteiger partial charge in [-0.15, -0.1) is 0 Å². The summed E-state index contributed by atoms with van der Waals surface area (Å²) in [5.74, 6) is -3.26. The van der Waals surface area contributed by atoms with Crippen LogP contribution in [0, 0.1) is 11.8 Å². The van der Waals surface area contributed by atoms with Crippen LogP contribution in [0.4, 0.5) is 0 Å². The van der Waals surface area contributed by atoms with E-state index in [4.69, 9.17) is 4.74 Å². The van der Waals surface area contributed by atoms with Gasteiger partial charge in [0.05, 0.1) is 31.9 Å². The number of morpholine rings is 1. The highest BCUT2D eigenvalue weighted by molar-refractivity contribution is 5.98. The van der Waals surface area contributed by atoms with Crippen LogP contribution < -0.4 is 21.3 Å². The minimum Gasteiger partial charge on any atom is -0.389 e. The van der Waals surface area contributed by atoms with Crippen molar-refractivity contribution < 1.29 is 38.9 Å². The highest BCUT2D eigenvalue weighted by Crippen LogP contribution is 2.30. The quantitative estimate of drug-likeness (QED) is 0.147. The Bertz CT molecular complexity index is 1500. The van der Waals surface area contributed by atoms with Crippen LogP contribution in [-0.4, -0.2) is 113 Å². The fraction of sp³-hybridized carbons (Fsp3) is 0.564. The van der Waals surface area contributed by atoms with Crippen LogP contribution in [0.3, 0.4) is 0 Å². The van der Waals surface area contributed by atoms with E-state index in [1.54, 1.807) is 6.92 Å². The van der Waals surface area contributed by atoms with Crippen LogP contribution in [0.2, 0.25) is 0 Å². The normalized spacial score (nSPS) is 24.0. The van der Waals surface area contributed by atoms with Crippen LogP contribution >= 0.6 is 0 Å². The summed E-state index contributed by atoms with van der Waals surface area (Å²) in [6, 6.07) is 14.5. The second-order valence-electron chi connectivity index (χ2n) is 14.7. The van der Waals surface area contributed by atoms with Gasteiger partial charge in [-0.3, -0.25) is 28.9 Å². The summed E-state index contributed by atoms with van der Waals surface area (Å²) in [4.78, 5) is 69.9. The molecule has 0 bridgehead atoms. The number of ketones is 1. The molecular weight excluding hydrogens is 666 g/mol. The van der Waals surface area contributed by atoms with Gasteiger partial charge >= 0.3 is 0 Å². The minimum atomic E-state index is -2.05. The average molecular weight is 722 g/mol. The maximum absolute atomic E-state index is 14.0. The molecule has 7 atom stereocenters. The van der Waals surface area contributed by atoms with Gasteiger partial charge in [-0.05, 0) is 55.6 Å². The fourth-order valence-electron chi connectivity index (χ4n) is 6.79. The first kappa shape index (κ1) is 40.6. The molecule has 6 N–H and O–H groups in total. The van der Waals surface area contributed by atoms with Crippen molar-refractivity contribution in [3.05, 3.63) is 71.8 Å². The van der Waals surface area contributed by atoms with E-state index in [9.17, 15) is 34.2 Å². The van der Waals surface area contributed by atoms with Crippen LogP contribution in [0.15, 0.2) is 60.7 Å². The van der Waals surface area contributed by atoms with Crippen molar-refractivity contribution in [2.24, 2.45) is 11.8 Å². The van der Waals surface area contributed by atoms with Gasteiger partial charge in [0.15, 0.2) is 5.78 Å². The Morgan fingerprint density at radius 3 is 2.06 bits per heavy atom. The number of carbonyl (C=O) groups is 5. The maximum Gasteiger partial charge on any atom is 0.243 e. The highest BCUT2D eigenvalue weighted by atomic mass is 16.5. The molecule has 4 rings (SSSR count). The summed E-state index contributed by atoms with van der Waals surface area (Å²) >= 11 is 0. The number of amides is 4. The molecule has 5 unspecified atom stereocenters. The van der Waals surface area contributed by atoms with Crippen molar-refractivity contribution in [1.29, 1.82) is 0 Å². The molecule has 1 saturated heterocycles. The number of nitrogens with zero attached hydrogens (tertiary/aromatic N) is 1. The lowest BCUT2D eigenvalue weighted by atomic mass is 9.73. The standard InChI is InChI=1S/C39H55N5O8/c1-25(2)21-31(42-36(48)29(16-15-27-11-7-5-8-12-27)40-33(45)24-44-17-19-52-20-18-44)37(49)43-32(23-28-13-9-6-10-14-28)38(50)41-30-22-26(3)34(46)39(4,51)35(30)47/h5-14,25-26,29-32,34,46,51H,15-24H2,1-4H3,(H,40,45)(H,41,50)(H,42,48)(H,43,49)/t26?,29-,30?,31?,32-,34?,39?/m0/s1. The lowest BCUT2D eigenvalue weighted by molar-refractivity contribution is -0.163. The zero-order chi connectivity index (χ0) is 37.8. The molecule has 1 heterocycles. The molecule has 2 aliphatic rings. The third-order valence-corrected chi connectivity index (χ3v) is 9.80. The van der Waals surface area contributed by atoms with E-state index in [0.717, 1.165) is 11.1 Å². The number of rotatable bonds is 16. The molecular formula is C39H55N5O8. The van der Waals surface area contributed by atoms with E-state index in [2.05, 4.69) is 21.3 Å². The summed E-state index contributed by atoms with van der Waals surface area (Å²) in [5, 5.41) is 32.4. The third-order valence-electron chi connectivity index (χ3n) is 9.80. The van der Waals surface area contributed by atoms with E-state index >= 15 is 0 Å². The van der Waals surface area contributed by atoms with Gasteiger partial charge in [0.1, 0.15) is 23.7 Å². The molecule has 0 radical (unpaired) electrons. The van der Waals surface area contributed by atoms with Crippen molar-refractivity contribution in [3.8, 4) is 0 Å². The number of aliphatic hydroxyl groups is 2. The van der Waals surface area contributed by atoms with E-state index in [1.165, 1.54) is 6.92 Å². The molecule has 52 heavy (non-hydrogen) atoms. The van der Waals surface area contributed by atoms with Gasteiger partial charge < -0.3 is 36.2 Å². The molecule has 284 valence electrons. The topological polar surface area (TPSA) is 186 Å². The number of carbonyl (C=O) groups excluding carboxylic acids is 5. The molecule has 0 aromatic heterocycles. The Kier molecular flexibility index (Phi) is 14.9. The number of hydrogen-bond donors (Lipinski definition) is 6. The Balaban J connectivity index is 1.51. The molecule has 0 spiro atoms. The fourth-order valence-corrected chi connectivity index (χ4v) is 6.79. The van der Waals surface area contributed by atoms with Crippen LogP contribution in [0.25, 0.3) is 0 Å². The Labute approximate surface area is 306 Å². The molecule has 4 amide bonds. The molecule has 2 fully saturated rings. The number of aliphatic hydroxyl groups excluding tert-OH is 1. The second-order valence-corrected chi connectivity index (χ2v) is 14.7. The van der Waals surface area contributed by atoms with E-state index in [1.807, 2.05) is 79.4 Å². The molecule has 13 nitrogen and oxygen atoms in total. The zero-order valence-electron chi connectivity index (χ0n) is 30.7. The minimum absolute atomic E-state index is 0.0221. The van der Waals surface area contributed by atoms with Gasteiger partial charge in [0.25, 0.3) is 0 Å². The molecule has 2 aromatic carbocycles. The van der Waals surface area contributed by atoms with E-state index in [0.29, 0.717) is 39.1 Å². The SMILES string of the molecule is CC(C)CC(NC(=O)[C@H](CCc1ccccc1)NC(=O)CN1CCOCC1)C(=O)N[C@@H](Cc1ccccc1)C(=O)NC1CC(C)C(O)C(C)(O)C1=O. The van der Waals surface area contributed by atoms with Crippen molar-refractivity contribution >= 4 is 29.4 Å². The Morgan fingerprint density at radius 2 is 1.44 bits per heavy atom. The second kappa shape index (κ2) is 19.1. The van der Waals surface area contributed by atoms with Crippen molar-refractivity contribution in [1.82, 2.24) is 26.2 Å². The summed E-state index contributed by atoms with van der Waals surface area (Å²) in [7, 11) is 0. The number of hydrogen-bond acceptors (Lipinski definition) is 9. The average Bonchev–Trinajstić information content (AvgIpc) is 3.12. The maximum atomic E-state index is 14.0. The predicted octanol–water partition coefficient (Wildman–Crippen LogP) is 0.900. The van der Waals surface area contributed by atoms with Gasteiger partial charge in [0.2, 0.25) is 23.6 Å². The van der Waals surface area contributed by atoms with Crippen LogP contribution in [-0.2, 0) is 41.6 Å². The number of nitrogens with one attached hydrogen (secondary N) is 4. The van der Waals surface area contributed by atoms with Crippen molar-refractivity contribution in [2.75, 3.05) is 32.8 Å². The molecule has 1 aliphatic heterocycles. The third kappa shape index (κ3) is 11.7. The summed E-state index contributed by atoms with van der Waals surface area (Å²) < 4.78 is 5.39. The molecule has 2 aromatic rings. The van der Waals surface area contributed by atoms with Crippen LogP contribution in [0.5, 0.6) is 0 Å². The number of benzene rings is 2. The lowest BCUT2D eigenvalue weighted by Crippen LogP contribution is -2.64. The highest BCUT2D eigenvalue weighted by Gasteiger charge is 2.50. The first-order valence-corrected chi connectivity index (χ1v) is 18.3. The largest absolute Gasteiger partial charge is 0.389 e. The van der Waals surface area contributed by atoms with E-state index < -0.39 is 65.3 Å². The summed E-state index contributed by atoms with van der Waals surface area (Å²) in [6.07, 6.45) is -0.0150. The first-order valence-electron chi connectivity index (χ1n) is 18.3. The lowest BCUT2D eigenvalue weighted by Gasteiger charge is -2.41. The van der Waals surface area contributed by atoms with E-state index in [-0.39, 0.29) is 37.6 Å². The first-order chi connectivity index (χ1) is 24.7. The number of aryl methyl sites for hydroxylation is 1. The van der Waals surface area contributed by atoms with Gasteiger partial charge in [-0.2, -0.15) is 0 Å². The van der Waals surface area contributed by atoms with Gasteiger partial charge in [0, 0.05) is 19.5 Å². The zero-order valence-corrected chi connectivity index (χ0v) is 30.7. The number of Topliss-reactive ketones (excluding diaryl/α,β-unsaturated/α-hetero) is 1. The monoisotopic (exact) mass is 721 g/mol. The molecule has 13 heteroatoms. The molecule has 1 saturated carbocycles. The number of ether oxygens (including phenoxy) is 1.